The van der Waals surface area contributed by atoms with Crippen LogP contribution in [-0.2, 0) is 6.61 Å². The molecule has 0 unspecified atom stereocenters. The Labute approximate surface area is 76.2 Å². The fourth-order valence-corrected chi connectivity index (χ4v) is 1.52. The number of benzene rings is 1. The van der Waals surface area contributed by atoms with Gasteiger partial charge in [0, 0.05) is 11.3 Å². The highest BCUT2D eigenvalue weighted by molar-refractivity contribution is 5.50. The summed E-state index contributed by atoms with van der Waals surface area (Å²) in [4.78, 5) is 0. The molecule has 0 atom stereocenters. The van der Waals surface area contributed by atoms with E-state index in [0.717, 1.165) is 12.8 Å². The highest BCUT2D eigenvalue weighted by atomic mass is 19.1. The first kappa shape index (κ1) is 8.51. The molecule has 0 bridgehead atoms. The summed E-state index contributed by atoms with van der Waals surface area (Å²) in [5.41, 5.74) is 6.81. The van der Waals surface area contributed by atoms with Gasteiger partial charge in [-0.2, -0.15) is 0 Å². The van der Waals surface area contributed by atoms with Gasteiger partial charge in [0.25, 0.3) is 0 Å². The maximum atomic E-state index is 13.6. The zero-order chi connectivity index (χ0) is 9.42. The molecular weight excluding hydrogens is 169 g/mol. The van der Waals surface area contributed by atoms with Crippen molar-refractivity contribution in [3.05, 3.63) is 29.1 Å². The van der Waals surface area contributed by atoms with Crippen LogP contribution < -0.4 is 5.73 Å². The second kappa shape index (κ2) is 3.00. The normalized spacial score (nSPS) is 16.2. The van der Waals surface area contributed by atoms with Crippen molar-refractivity contribution < 1.29 is 9.50 Å². The lowest BCUT2D eigenvalue weighted by Gasteiger charge is -2.08. The highest BCUT2D eigenvalue weighted by Gasteiger charge is 2.27. The molecule has 2 nitrogen and oxygen atoms in total. The molecule has 0 aliphatic heterocycles. The van der Waals surface area contributed by atoms with Crippen LogP contribution in [0.2, 0.25) is 0 Å². The monoisotopic (exact) mass is 181 g/mol. The number of anilines is 1. The fourth-order valence-electron chi connectivity index (χ4n) is 1.52. The van der Waals surface area contributed by atoms with Crippen molar-refractivity contribution in [3.63, 3.8) is 0 Å². The van der Waals surface area contributed by atoms with Crippen LogP contribution in [0, 0.1) is 5.82 Å². The molecule has 0 saturated heterocycles. The lowest BCUT2D eigenvalue weighted by Crippen LogP contribution is -2.01. The lowest BCUT2D eigenvalue weighted by molar-refractivity contribution is 0.276. The molecule has 3 N–H and O–H groups in total. The number of rotatable bonds is 2. The van der Waals surface area contributed by atoms with Crippen molar-refractivity contribution in [2.45, 2.75) is 25.4 Å². The largest absolute Gasteiger partial charge is 0.398 e. The Morgan fingerprint density at radius 2 is 2.15 bits per heavy atom. The van der Waals surface area contributed by atoms with Gasteiger partial charge in [0.15, 0.2) is 0 Å². The van der Waals surface area contributed by atoms with Crippen LogP contribution in [0.25, 0.3) is 0 Å². The van der Waals surface area contributed by atoms with E-state index in [1.54, 1.807) is 12.1 Å². The SMILES string of the molecule is Nc1ccc(C2CC2)c(F)c1CO. The van der Waals surface area contributed by atoms with Crippen molar-refractivity contribution >= 4 is 5.69 Å². The van der Waals surface area contributed by atoms with Crippen LogP contribution in [-0.4, -0.2) is 5.11 Å². The predicted octanol–water partition coefficient (Wildman–Crippen LogP) is 1.78. The average Bonchev–Trinajstić information content (AvgIpc) is 2.88. The number of aliphatic hydroxyl groups is 1. The number of nitrogens with two attached hydrogens (primary N) is 1. The topological polar surface area (TPSA) is 46.2 Å². The summed E-state index contributed by atoms with van der Waals surface area (Å²) < 4.78 is 13.6. The summed E-state index contributed by atoms with van der Waals surface area (Å²) in [7, 11) is 0. The first-order valence-electron chi connectivity index (χ1n) is 4.41. The van der Waals surface area contributed by atoms with Gasteiger partial charge in [-0.3, -0.25) is 0 Å². The molecule has 3 heteroatoms. The fraction of sp³-hybridized carbons (Fsp3) is 0.400. The Morgan fingerprint density at radius 3 is 2.69 bits per heavy atom. The van der Waals surface area contributed by atoms with E-state index in [1.165, 1.54) is 0 Å². The van der Waals surface area contributed by atoms with E-state index in [2.05, 4.69) is 0 Å². The minimum atomic E-state index is -0.321. The summed E-state index contributed by atoms with van der Waals surface area (Å²) in [6, 6.07) is 3.39. The van der Waals surface area contributed by atoms with Crippen molar-refractivity contribution in [3.8, 4) is 0 Å². The van der Waals surface area contributed by atoms with Gasteiger partial charge in [-0.05, 0) is 30.4 Å². The van der Waals surface area contributed by atoms with E-state index >= 15 is 0 Å². The summed E-state index contributed by atoms with van der Waals surface area (Å²) in [6.45, 7) is -0.321. The Hall–Kier alpha value is -1.09. The Morgan fingerprint density at radius 1 is 1.46 bits per heavy atom. The molecule has 0 heterocycles. The molecule has 2 rings (SSSR count). The van der Waals surface area contributed by atoms with Crippen molar-refractivity contribution in [2.75, 3.05) is 5.73 Å². The van der Waals surface area contributed by atoms with Gasteiger partial charge >= 0.3 is 0 Å². The standard InChI is InChI=1S/C10H12FNO/c11-10-7(6-1-2-6)3-4-9(12)8(10)5-13/h3-4,6,13H,1-2,5,12H2. The molecule has 1 saturated carbocycles. The summed E-state index contributed by atoms with van der Waals surface area (Å²) in [6.07, 6.45) is 2.09. The Bertz CT molecular complexity index is 334. The summed E-state index contributed by atoms with van der Waals surface area (Å²) >= 11 is 0. The molecule has 70 valence electrons. The molecular formula is C10H12FNO. The molecule has 1 aliphatic carbocycles. The van der Waals surface area contributed by atoms with Crippen LogP contribution in [0.3, 0.4) is 0 Å². The van der Waals surface area contributed by atoms with Gasteiger partial charge in [0.2, 0.25) is 0 Å². The number of halogens is 1. The van der Waals surface area contributed by atoms with Gasteiger partial charge in [-0.15, -0.1) is 0 Å². The molecule has 1 aromatic rings. The molecule has 0 amide bonds. The average molecular weight is 181 g/mol. The minimum absolute atomic E-state index is 0.240. The third-order valence-electron chi connectivity index (χ3n) is 2.48. The van der Waals surface area contributed by atoms with Crippen molar-refractivity contribution in [1.29, 1.82) is 0 Å². The molecule has 1 aliphatic rings. The first-order valence-corrected chi connectivity index (χ1v) is 4.41. The summed E-state index contributed by atoms with van der Waals surface area (Å²) in [5.74, 6) is 0.0379. The van der Waals surface area contributed by atoms with Crippen LogP contribution in [0.15, 0.2) is 12.1 Å². The van der Waals surface area contributed by atoms with E-state index in [0.29, 0.717) is 17.2 Å². The first-order chi connectivity index (χ1) is 6.24. The molecule has 1 aromatic carbocycles. The van der Waals surface area contributed by atoms with Crippen molar-refractivity contribution in [1.82, 2.24) is 0 Å². The molecule has 13 heavy (non-hydrogen) atoms. The minimum Gasteiger partial charge on any atom is -0.398 e. The lowest BCUT2D eigenvalue weighted by atomic mass is 10.0. The summed E-state index contributed by atoms with van der Waals surface area (Å²) in [5, 5.41) is 8.91. The molecule has 1 fully saturated rings. The number of hydrogen-bond acceptors (Lipinski definition) is 2. The van der Waals surface area contributed by atoms with E-state index in [4.69, 9.17) is 10.8 Å². The van der Waals surface area contributed by atoms with Crippen LogP contribution >= 0.6 is 0 Å². The third kappa shape index (κ3) is 1.40. The second-order valence-electron chi connectivity index (χ2n) is 3.47. The maximum absolute atomic E-state index is 13.6. The van der Waals surface area contributed by atoms with Crippen LogP contribution in [0.4, 0.5) is 10.1 Å². The van der Waals surface area contributed by atoms with Crippen LogP contribution in [0.1, 0.15) is 29.9 Å². The zero-order valence-electron chi connectivity index (χ0n) is 7.26. The maximum Gasteiger partial charge on any atom is 0.134 e. The highest BCUT2D eigenvalue weighted by Crippen LogP contribution is 2.42. The van der Waals surface area contributed by atoms with Gasteiger partial charge in [-0.1, -0.05) is 6.07 Å². The smallest absolute Gasteiger partial charge is 0.134 e. The Kier molecular flexibility index (Phi) is 1.96. The quantitative estimate of drug-likeness (QED) is 0.683. The zero-order valence-corrected chi connectivity index (χ0v) is 7.26. The van der Waals surface area contributed by atoms with Crippen LogP contribution in [0.5, 0.6) is 0 Å². The van der Waals surface area contributed by atoms with Gasteiger partial charge in [0.1, 0.15) is 5.82 Å². The molecule has 0 radical (unpaired) electrons. The van der Waals surface area contributed by atoms with E-state index in [1.807, 2.05) is 0 Å². The van der Waals surface area contributed by atoms with Crippen molar-refractivity contribution in [2.24, 2.45) is 0 Å². The molecule has 0 spiro atoms. The second-order valence-corrected chi connectivity index (χ2v) is 3.47. The molecule has 0 aromatic heterocycles. The van der Waals surface area contributed by atoms with Gasteiger partial charge in [0.05, 0.1) is 6.61 Å². The van der Waals surface area contributed by atoms with Gasteiger partial charge in [-0.25, -0.2) is 4.39 Å². The van der Waals surface area contributed by atoms with E-state index < -0.39 is 0 Å². The van der Waals surface area contributed by atoms with Gasteiger partial charge < -0.3 is 10.8 Å². The number of aliphatic hydroxyl groups excluding tert-OH is 1. The third-order valence-corrected chi connectivity index (χ3v) is 2.48. The predicted molar refractivity (Wildman–Crippen MR) is 48.7 cm³/mol. The number of hydrogen-bond donors (Lipinski definition) is 2. The van der Waals surface area contributed by atoms with E-state index in [-0.39, 0.29) is 18.0 Å². The van der Waals surface area contributed by atoms with E-state index in [9.17, 15) is 4.39 Å². The number of nitrogen functional groups attached to an aromatic ring is 1. The Balaban J connectivity index is 2.47.